The molecule has 0 fully saturated rings. The first kappa shape index (κ1) is 29.6. The Morgan fingerprint density at radius 2 is 0.600 bits per heavy atom. The first-order valence-corrected chi connectivity index (χ1v) is 17.1. The highest BCUT2D eigenvalue weighted by Gasteiger charge is 2.21. The van der Waals surface area contributed by atoms with Crippen molar-refractivity contribution in [3.8, 4) is 66.8 Å². The summed E-state index contributed by atoms with van der Waals surface area (Å²) in [5.74, 6) is 0. The van der Waals surface area contributed by atoms with Gasteiger partial charge in [0.05, 0.1) is 5.52 Å². The van der Waals surface area contributed by atoms with Crippen LogP contribution in [0.25, 0.3) is 88.4 Å². The van der Waals surface area contributed by atoms with Gasteiger partial charge in [-0.25, -0.2) is 0 Å². The number of hydrogen-bond acceptors (Lipinski definition) is 1. The van der Waals surface area contributed by atoms with E-state index in [1.807, 2.05) is 6.20 Å². The van der Waals surface area contributed by atoms with E-state index in [-0.39, 0.29) is 0 Å². The second-order valence-electron chi connectivity index (χ2n) is 12.7. The van der Waals surface area contributed by atoms with E-state index in [0.717, 1.165) is 16.5 Å². The Kier molecular flexibility index (Phi) is 7.57. The molecule has 0 bridgehead atoms. The smallest absolute Gasteiger partial charge is 0.0793 e. The Labute approximate surface area is 292 Å². The molecule has 0 saturated carbocycles. The molecular formula is C49H33N. The molecule has 0 unspecified atom stereocenters. The molecule has 1 nitrogen and oxygen atoms in total. The van der Waals surface area contributed by atoms with E-state index in [2.05, 4.69) is 194 Å². The van der Waals surface area contributed by atoms with Crippen LogP contribution in [0.1, 0.15) is 0 Å². The molecule has 50 heavy (non-hydrogen) atoms. The molecule has 0 aliphatic rings. The van der Waals surface area contributed by atoms with E-state index in [0.29, 0.717) is 0 Å². The average Bonchev–Trinajstić information content (AvgIpc) is 3.21. The molecule has 1 aromatic heterocycles. The fourth-order valence-corrected chi connectivity index (χ4v) is 7.41. The van der Waals surface area contributed by atoms with E-state index >= 15 is 0 Å². The van der Waals surface area contributed by atoms with Gasteiger partial charge < -0.3 is 0 Å². The average molecular weight is 636 g/mol. The van der Waals surface area contributed by atoms with Crippen molar-refractivity contribution in [1.82, 2.24) is 4.98 Å². The third-order valence-electron chi connectivity index (χ3n) is 9.78. The van der Waals surface area contributed by atoms with Gasteiger partial charge in [-0.2, -0.15) is 0 Å². The molecule has 9 aromatic rings. The van der Waals surface area contributed by atoms with Crippen LogP contribution >= 0.6 is 0 Å². The van der Waals surface area contributed by atoms with Gasteiger partial charge in [0.1, 0.15) is 0 Å². The monoisotopic (exact) mass is 635 g/mol. The minimum Gasteiger partial charge on any atom is -0.256 e. The van der Waals surface area contributed by atoms with Crippen LogP contribution in [0.5, 0.6) is 0 Å². The molecule has 0 spiro atoms. The van der Waals surface area contributed by atoms with Crippen molar-refractivity contribution in [2.24, 2.45) is 0 Å². The van der Waals surface area contributed by atoms with E-state index in [1.54, 1.807) is 0 Å². The summed E-state index contributed by atoms with van der Waals surface area (Å²) in [6.45, 7) is 0. The van der Waals surface area contributed by atoms with Crippen LogP contribution in [0.4, 0.5) is 0 Å². The van der Waals surface area contributed by atoms with Crippen LogP contribution < -0.4 is 0 Å². The standard InChI is InChI=1S/C49H33N/c1-3-14-34(15-4-1)36-25-29-38(30-26-36)40-18-7-9-20-42(40)47-44-22-11-12-23-45(44)48(49-46(47)24-13-33-50-49)43-21-10-8-19-41(43)39-31-27-37(28-32-39)35-16-5-2-6-17-35/h1-33H. The first-order valence-electron chi connectivity index (χ1n) is 17.1. The van der Waals surface area contributed by atoms with Crippen molar-refractivity contribution in [2.45, 2.75) is 0 Å². The molecule has 0 radical (unpaired) electrons. The first-order chi connectivity index (χ1) is 24.8. The Bertz CT molecular complexity index is 2360. The van der Waals surface area contributed by atoms with Crippen molar-refractivity contribution in [1.29, 1.82) is 0 Å². The van der Waals surface area contributed by atoms with E-state index < -0.39 is 0 Å². The van der Waals surface area contributed by atoms with E-state index in [4.69, 9.17) is 4.98 Å². The summed E-state index contributed by atoms with van der Waals surface area (Å²) < 4.78 is 0. The lowest BCUT2D eigenvalue weighted by Gasteiger charge is -2.20. The van der Waals surface area contributed by atoms with Gasteiger partial charge in [-0.3, -0.25) is 4.98 Å². The summed E-state index contributed by atoms with van der Waals surface area (Å²) in [6, 6.07) is 69.7. The molecule has 0 N–H and O–H groups in total. The van der Waals surface area contributed by atoms with E-state index in [1.165, 1.54) is 72.0 Å². The number of rotatable bonds is 6. The lowest BCUT2D eigenvalue weighted by molar-refractivity contribution is 1.42. The summed E-state index contributed by atoms with van der Waals surface area (Å²) in [4.78, 5) is 5.13. The number of fused-ring (bicyclic) bond motifs is 2. The number of nitrogens with zero attached hydrogens (tertiary/aromatic N) is 1. The minimum absolute atomic E-state index is 1.00. The largest absolute Gasteiger partial charge is 0.256 e. The van der Waals surface area contributed by atoms with Crippen LogP contribution in [0.3, 0.4) is 0 Å². The highest BCUT2D eigenvalue weighted by atomic mass is 14.7. The summed E-state index contributed by atoms with van der Waals surface area (Å²) >= 11 is 0. The third-order valence-corrected chi connectivity index (χ3v) is 9.78. The zero-order valence-corrected chi connectivity index (χ0v) is 27.5. The van der Waals surface area contributed by atoms with Crippen LogP contribution in [-0.2, 0) is 0 Å². The van der Waals surface area contributed by atoms with Crippen molar-refractivity contribution in [3.63, 3.8) is 0 Å². The second-order valence-corrected chi connectivity index (χ2v) is 12.7. The predicted octanol–water partition coefficient (Wildman–Crippen LogP) is 13.4. The Balaban J connectivity index is 1.23. The van der Waals surface area contributed by atoms with Crippen molar-refractivity contribution >= 4 is 21.7 Å². The molecule has 9 rings (SSSR count). The van der Waals surface area contributed by atoms with Crippen LogP contribution in [0.15, 0.2) is 200 Å². The number of aromatic nitrogens is 1. The normalized spacial score (nSPS) is 11.2. The van der Waals surface area contributed by atoms with Gasteiger partial charge in [0.2, 0.25) is 0 Å². The topological polar surface area (TPSA) is 12.9 Å². The summed E-state index contributed by atoms with van der Waals surface area (Å²) in [7, 11) is 0. The highest BCUT2D eigenvalue weighted by molar-refractivity contribution is 6.22. The quantitative estimate of drug-likeness (QED) is 0.166. The maximum Gasteiger partial charge on any atom is 0.0793 e. The SMILES string of the molecule is c1ccc(-c2ccc(-c3ccccc3-c3c4ccccc4c(-c4ccccc4-c4ccc(-c5ccccc5)cc4)c4ncccc34)cc2)cc1. The van der Waals surface area contributed by atoms with Gasteiger partial charge in [0.15, 0.2) is 0 Å². The lowest BCUT2D eigenvalue weighted by Crippen LogP contribution is -1.95. The van der Waals surface area contributed by atoms with Crippen molar-refractivity contribution < 1.29 is 0 Å². The Morgan fingerprint density at radius 3 is 1.12 bits per heavy atom. The highest BCUT2D eigenvalue weighted by Crippen LogP contribution is 2.47. The second kappa shape index (κ2) is 12.8. The lowest BCUT2D eigenvalue weighted by atomic mass is 9.83. The molecule has 0 amide bonds. The van der Waals surface area contributed by atoms with Crippen LogP contribution in [-0.4, -0.2) is 4.98 Å². The van der Waals surface area contributed by atoms with Gasteiger partial charge in [-0.1, -0.05) is 188 Å². The summed E-state index contributed by atoms with van der Waals surface area (Å²) in [5, 5.41) is 3.55. The maximum absolute atomic E-state index is 5.13. The zero-order valence-electron chi connectivity index (χ0n) is 27.5. The van der Waals surface area contributed by atoms with Gasteiger partial charge >= 0.3 is 0 Å². The third kappa shape index (κ3) is 5.26. The zero-order chi connectivity index (χ0) is 33.3. The number of pyridine rings is 1. The molecule has 1 heterocycles. The predicted molar refractivity (Wildman–Crippen MR) is 212 cm³/mol. The van der Waals surface area contributed by atoms with Gasteiger partial charge in [-0.05, 0) is 78.0 Å². The molecule has 0 saturated heterocycles. The van der Waals surface area contributed by atoms with Gasteiger partial charge in [-0.15, -0.1) is 0 Å². The van der Waals surface area contributed by atoms with Gasteiger partial charge in [0, 0.05) is 17.1 Å². The van der Waals surface area contributed by atoms with Crippen molar-refractivity contribution in [2.75, 3.05) is 0 Å². The Hall–Kier alpha value is -6.57. The van der Waals surface area contributed by atoms with Crippen LogP contribution in [0.2, 0.25) is 0 Å². The summed E-state index contributed by atoms with van der Waals surface area (Å²) in [5.41, 5.74) is 15.4. The number of hydrogen-bond donors (Lipinski definition) is 0. The summed E-state index contributed by atoms with van der Waals surface area (Å²) in [6.07, 6.45) is 1.93. The molecule has 1 heteroatoms. The van der Waals surface area contributed by atoms with Gasteiger partial charge in [0.25, 0.3) is 0 Å². The molecule has 8 aromatic carbocycles. The van der Waals surface area contributed by atoms with Crippen LogP contribution in [0, 0.1) is 0 Å². The number of benzene rings is 8. The Morgan fingerprint density at radius 1 is 0.240 bits per heavy atom. The maximum atomic E-state index is 5.13. The molecule has 0 aliphatic heterocycles. The minimum atomic E-state index is 1.00. The fourth-order valence-electron chi connectivity index (χ4n) is 7.41. The molecule has 0 atom stereocenters. The van der Waals surface area contributed by atoms with Crippen molar-refractivity contribution in [3.05, 3.63) is 200 Å². The molecule has 0 aliphatic carbocycles. The molecule has 234 valence electrons. The molecular weight excluding hydrogens is 603 g/mol. The van der Waals surface area contributed by atoms with E-state index in [9.17, 15) is 0 Å². The fraction of sp³-hybridized carbons (Fsp3) is 0.